The summed E-state index contributed by atoms with van der Waals surface area (Å²) in [6.07, 6.45) is 1.11. The van der Waals surface area contributed by atoms with Gasteiger partial charge in [-0.05, 0) is 49.6 Å². The van der Waals surface area contributed by atoms with Crippen LogP contribution in [0.15, 0.2) is 41.3 Å². The Hall–Kier alpha value is -1.87. The summed E-state index contributed by atoms with van der Waals surface area (Å²) in [7, 11) is -2.15. The van der Waals surface area contributed by atoms with E-state index < -0.39 is 10.0 Å². The van der Waals surface area contributed by atoms with Crippen molar-refractivity contribution in [2.24, 2.45) is 0 Å². The summed E-state index contributed by atoms with van der Waals surface area (Å²) >= 11 is 7.63. The van der Waals surface area contributed by atoms with E-state index in [4.69, 9.17) is 21.1 Å². The number of nitrogens with zero attached hydrogens (tertiary/aromatic N) is 2. The van der Waals surface area contributed by atoms with Gasteiger partial charge in [-0.1, -0.05) is 35.1 Å². The predicted octanol–water partition coefficient (Wildman–Crippen LogP) is 4.50. The summed E-state index contributed by atoms with van der Waals surface area (Å²) in [5.41, 5.74) is 1.61. The molecule has 6 nitrogen and oxygen atoms in total. The number of ether oxygens (including phenoxy) is 2. The van der Waals surface area contributed by atoms with E-state index in [0.717, 1.165) is 15.8 Å². The van der Waals surface area contributed by atoms with Gasteiger partial charge in [0.2, 0.25) is 10.0 Å². The third kappa shape index (κ3) is 4.07. The van der Waals surface area contributed by atoms with E-state index >= 15 is 0 Å². The average molecular weight is 453 g/mol. The van der Waals surface area contributed by atoms with Crippen molar-refractivity contribution in [3.05, 3.63) is 47.0 Å². The fourth-order valence-corrected chi connectivity index (χ4v) is 6.29. The Labute approximate surface area is 179 Å². The van der Waals surface area contributed by atoms with Crippen LogP contribution in [-0.2, 0) is 10.0 Å². The quantitative estimate of drug-likeness (QED) is 0.570. The first-order valence-corrected chi connectivity index (χ1v) is 11.9. The maximum atomic E-state index is 13.1. The third-order valence-electron chi connectivity index (χ3n) is 4.96. The topological polar surface area (TPSA) is 68.7 Å². The number of methoxy groups -OCH3 is 1. The number of aromatic nitrogens is 1. The van der Waals surface area contributed by atoms with Crippen LogP contribution in [0.3, 0.4) is 0 Å². The van der Waals surface area contributed by atoms with Crippen LogP contribution in [0, 0.1) is 6.92 Å². The van der Waals surface area contributed by atoms with Crippen LogP contribution in [0.4, 0.5) is 0 Å². The van der Waals surface area contributed by atoms with Gasteiger partial charge in [-0.15, -0.1) is 0 Å². The van der Waals surface area contributed by atoms with Crippen molar-refractivity contribution in [2.45, 2.75) is 30.8 Å². The summed E-state index contributed by atoms with van der Waals surface area (Å²) in [5.74, 6) is 0.361. The highest BCUT2D eigenvalue weighted by Gasteiger charge is 2.32. The van der Waals surface area contributed by atoms with Gasteiger partial charge in [-0.2, -0.15) is 4.31 Å². The zero-order valence-electron chi connectivity index (χ0n) is 16.1. The molecular formula is C20H21ClN2O4S2. The van der Waals surface area contributed by atoms with Crippen molar-refractivity contribution >= 4 is 43.2 Å². The molecule has 1 fully saturated rings. The molecule has 1 aliphatic rings. The minimum atomic E-state index is -3.63. The molecule has 0 radical (unpaired) electrons. The number of thiazole rings is 1. The van der Waals surface area contributed by atoms with E-state index in [9.17, 15) is 8.42 Å². The summed E-state index contributed by atoms with van der Waals surface area (Å²) in [5, 5.41) is 1.16. The van der Waals surface area contributed by atoms with Gasteiger partial charge in [0.1, 0.15) is 22.3 Å². The normalized spacial score (nSPS) is 16.2. The lowest BCUT2D eigenvalue weighted by molar-refractivity contribution is 0.135. The van der Waals surface area contributed by atoms with Gasteiger partial charge in [0.15, 0.2) is 0 Å². The summed E-state index contributed by atoms with van der Waals surface area (Å²) in [6.45, 7) is 2.63. The summed E-state index contributed by atoms with van der Waals surface area (Å²) in [6, 6.07) is 10.8. The number of piperidine rings is 1. The van der Waals surface area contributed by atoms with Gasteiger partial charge >= 0.3 is 0 Å². The fourth-order valence-electron chi connectivity index (χ4n) is 3.40. The molecule has 0 unspecified atom stereocenters. The first kappa shape index (κ1) is 20.4. The van der Waals surface area contributed by atoms with Crippen LogP contribution >= 0.6 is 22.9 Å². The van der Waals surface area contributed by atoms with Gasteiger partial charge < -0.3 is 9.47 Å². The van der Waals surface area contributed by atoms with Crippen LogP contribution in [0.5, 0.6) is 10.9 Å². The highest BCUT2D eigenvalue weighted by Crippen LogP contribution is 2.34. The Balaban J connectivity index is 1.46. The highest BCUT2D eigenvalue weighted by atomic mass is 35.5. The van der Waals surface area contributed by atoms with Crippen LogP contribution in [0.1, 0.15) is 18.4 Å². The van der Waals surface area contributed by atoms with E-state index in [-0.39, 0.29) is 11.0 Å². The molecule has 1 aliphatic heterocycles. The monoisotopic (exact) mass is 452 g/mol. The van der Waals surface area contributed by atoms with Crippen molar-refractivity contribution in [2.75, 3.05) is 20.2 Å². The van der Waals surface area contributed by atoms with Crippen molar-refractivity contribution in [3.63, 3.8) is 0 Å². The Morgan fingerprint density at radius 2 is 1.97 bits per heavy atom. The predicted molar refractivity (Wildman–Crippen MR) is 115 cm³/mol. The van der Waals surface area contributed by atoms with E-state index in [1.165, 1.54) is 22.8 Å². The van der Waals surface area contributed by atoms with E-state index in [2.05, 4.69) is 4.98 Å². The Morgan fingerprint density at radius 3 is 2.66 bits per heavy atom. The lowest BCUT2D eigenvalue weighted by Gasteiger charge is -2.31. The van der Waals surface area contributed by atoms with Gasteiger partial charge in [0.25, 0.3) is 5.19 Å². The van der Waals surface area contributed by atoms with Crippen molar-refractivity contribution in [1.82, 2.24) is 9.29 Å². The number of sulfonamides is 1. The minimum Gasteiger partial charge on any atom is -0.495 e. The first-order valence-electron chi connectivity index (χ1n) is 9.25. The lowest BCUT2D eigenvalue weighted by Crippen LogP contribution is -2.41. The first-order chi connectivity index (χ1) is 13.9. The Kier molecular flexibility index (Phi) is 5.70. The summed E-state index contributed by atoms with van der Waals surface area (Å²) in [4.78, 5) is 4.68. The van der Waals surface area contributed by atoms with Crippen LogP contribution in [0.2, 0.25) is 5.02 Å². The molecule has 0 spiro atoms. The molecule has 1 aromatic heterocycles. The number of para-hydroxylation sites is 1. The number of benzene rings is 2. The molecule has 0 aliphatic carbocycles. The standard InChI is InChI=1S/C20H21ClN2O4S2/c1-13-6-7-16(26-2)18(12-13)29(24,25)23-10-8-14(9-11-23)27-20-22-19-15(21)4-3-5-17(19)28-20/h3-7,12,14H,8-11H2,1-2H3. The number of halogens is 1. The second kappa shape index (κ2) is 8.10. The second-order valence-corrected chi connectivity index (χ2v) is 10.2. The number of hydrogen-bond donors (Lipinski definition) is 0. The number of hydrogen-bond acceptors (Lipinski definition) is 6. The SMILES string of the molecule is COc1ccc(C)cc1S(=O)(=O)N1CCC(Oc2nc3c(Cl)cccc3s2)CC1. The molecule has 0 saturated carbocycles. The van der Waals surface area contributed by atoms with Gasteiger partial charge in [0.05, 0.1) is 16.8 Å². The highest BCUT2D eigenvalue weighted by molar-refractivity contribution is 7.89. The maximum Gasteiger partial charge on any atom is 0.274 e. The molecule has 0 amide bonds. The molecule has 0 bridgehead atoms. The number of fused-ring (bicyclic) bond motifs is 1. The molecule has 2 aromatic carbocycles. The number of rotatable bonds is 5. The largest absolute Gasteiger partial charge is 0.495 e. The summed E-state index contributed by atoms with van der Waals surface area (Å²) < 4.78 is 40.0. The molecule has 3 aromatic rings. The van der Waals surface area contributed by atoms with E-state index in [1.807, 2.05) is 25.1 Å². The van der Waals surface area contributed by atoms with Crippen molar-refractivity contribution < 1.29 is 17.9 Å². The Bertz CT molecular complexity index is 1140. The lowest BCUT2D eigenvalue weighted by atomic mass is 10.1. The molecule has 0 N–H and O–H groups in total. The molecule has 154 valence electrons. The molecule has 9 heteroatoms. The van der Waals surface area contributed by atoms with Crippen molar-refractivity contribution in [3.8, 4) is 10.9 Å². The zero-order valence-corrected chi connectivity index (χ0v) is 18.5. The smallest absolute Gasteiger partial charge is 0.274 e. The molecule has 1 saturated heterocycles. The molecular weight excluding hydrogens is 432 g/mol. The third-order valence-corrected chi connectivity index (χ3v) is 8.09. The fraction of sp³-hybridized carbons (Fsp3) is 0.350. The molecule has 2 heterocycles. The van der Waals surface area contributed by atoms with E-state index in [1.54, 1.807) is 18.2 Å². The van der Waals surface area contributed by atoms with Crippen molar-refractivity contribution in [1.29, 1.82) is 0 Å². The van der Waals surface area contributed by atoms with Crippen LogP contribution in [0.25, 0.3) is 10.2 Å². The maximum absolute atomic E-state index is 13.1. The van der Waals surface area contributed by atoms with Gasteiger partial charge in [-0.25, -0.2) is 13.4 Å². The van der Waals surface area contributed by atoms with E-state index in [0.29, 0.717) is 41.9 Å². The molecule has 4 rings (SSSR count). The van der Waals surface area contributed by atoms with Gasteiger partial charge in [0, 0.05) is 13.1 Å². The Morgan fingerprint density at radius 1 is 1.21 bits per heavy atom. The second-order valence-electron chi connectivity index (χ2n) is 6.94. The average Bonchev–Trinajstić information content (AvgIpc) is 3.12. The minimum absolute atomic E-state index is 0.0832. The zero-order chi connectivity index (χ0) is 20.6. The number of aryl methyl sites for hydroxylation is 1. The van der Waals surface area contributed by atoms with Gasteiger partial charge in [-0.3, -0.25) is 0 Å². The van der Waals surface area contributed by atoms with Crippen LogP contribution < -0.4 is 9.47 Å². The molecule has 0 atom stereocenters. The van der Waals surface area contributed by atoms with Crippen LogP contribution in [-0.4, -0.2) is 44.0 Å². The molecule has 29 heavy (non-hydrogen) atoms.